The van der Waals surface area contributed by atoms with E-state index in [2.05, 4.69) is 10.3 Å². The first kappa shape index (κ1) is 9.18. The molecule has 1 aromatic heterocycles. The Morgan fingerprint density at radius 1 is 1.69 bits per heavy atom. The molecule has 0 fully saturated rings. The molecule has 4 N–H and O–H groups in total. The van der Waals surface area contributed by atoms with E-state index in [1.807, 2.05) is 0 Å². The van der Waals surface area contributed by atoms with Crippen molar-refractivity contribution in [3.05, 3.63) is 29.6 Å². The summed E-state index contributed by atoms with van der Waals surface area (Å²) in [6.45, 7) is 0.391. The van der Waals surface area contributed by atoms with Gasteiger partial charge >= 0.3 is 0 Å². The summed E-state index contributed by atoms with van der Waals surface area (Å²) in [6, 6.07) is 3.41. The minimum absolute atomic E-state index is 0.0117. The van der Waals surface area contributed by atoms with Crippen molar-refractivity contribution in [2.75, 3.05) is 0 Å². The van der Waals surface area contributed by atoms with Gasteiger partial charge in [0.05, 0.1) is 12.2 Å². The van der Waals surface area contributed by atoms with E-state index >= 15 is 0 Å². The summed E-state index contributed by atoms with van der Waals surface area (Å²) in [6.07, 6.45) is 2.12. The number of rotatable bonds is 4. The van der Waals surface area contributed by atoms with Crippen LogP contribution in [0.4, 0.5) is 0 Å². The van der Waals surface area contributed by atoms with Crippen LogP contribution in [0.25, 0.3) is 0 Å². The SMILES string of the molecule is N=C(N)c1ccc(CNC=O)nc1. The highest BCUT2D eigenvalue weighted by Crippen LogP contribution is 1.98. The number of carbonyl (C=O) groups is 1. The molecule has 0 aliphatic rings. The van der Waals surface area contributed by atoms with E-state index in [4.69, 9.17) is 11.1 Å². The molecule has 1 rings (SSSR count). The maximum Gasteiger partial charge on any atom is 0.207 e. The van der Waals surface area contributed by atoms with Gasteiger partial charge in [-0.05, 0) is 12.1 Å². The predicted molar refractivity (Wildman–Crippen MR) is 48.2 cm³/mol. The second kappa shape index (κ2) is 4.20. The van der Waals surface area contributed by atoms with Crippen molar-refractivity contribution in [3.8, 4) is 0 Å². The van der Waals surface area contributed by atoms with Crippen molar-refractivity contribution in [1.29, 1.82) is 5.41 Å². The Hall–Kier alpha value is -1.91. The maximum absolute atomic E-state index is 9.96. The van der Waals surface area contributed by atoms with Gasteiger partial charge < -0.3 is 11.1 Å². The number of nitrogens with one attached hydrogen (secondary N) is 2. The van der Waals surface area contributed by atoms with Crippen LogP contribution in [-0.4, -0.2) is 17.2 Å². The number of aromatic nitrogens is 1. The first-order valence-electron chi connectivity index (χ1n) is 3.70. The van der Waals surface area contributed by atoms with Crippen LogP contribution in [0.15, 0.2) is 18.3 Å². The molecular formula is C8H10N4O. The van der Waals surface area contributed by atoms with E-state index in [9.17, 15) is 4.79 Å². The van der Waals surface area contributed by atoms with Crippen molar-refractivity contribution in [2.45, 2.75) is 6.54 Å². The molecule has 0 radical (unpaired) electrons. The first-order chi connectivity index (χ1) is 6.24. The summed E-state index contributed by atoms with van der Waals surface area (Å²) in [4.78, 5) is 14.0. The molecule has 1 heterocycles. The summed E-state index contributed by atoms with van der Waals surface area (Å²) in [5.41, 5.74) is 6.55. The molecule has 1 amide bonds. The van der Waals surface area contributed by atoms with Crippen LogP contribution in [0.3, 0.4) is 0 Å². The Kier molecular flexibility index (Phi) is 2.97. The number of hydrogen-bond donors (Lipinski definition) is 3. The average molecular weight is 178 g/mol. The van der Waals surface area contributed by atoms with Crippen LogP contribution in [-0.2, 0) is 11.3 Å². The molecule has 0 bridgehead atoms. The summed E-state index contributed by atoms with van der Waals surface area (Å²) >= 11 is 0. The predicted octanol–water partition coefficient (Wildman–Crippen LogP) is -0.388. The van der Waals surface area contributed by atoms with Gasteiger partial charge in [0.15, 0.2) is 0 Å². The normalized spacial score (nSPS) is 9.23. The van der Waals surface area contributed by atoms with Crippen molar-refractivity contribution < 1.29 is 4.79 Å². The molecule has 0 aliphatic carbocycles. The maximum atomic E-state index is 9.96. The van der Waals surface area contributed by atoms with E-state index in [0.29, 0.717) is 18.5 Å². The Balaban J connectivity index is 2.69. The van der Waals surface area contributed by atoms with E-state index < -0.39 is 0 Å². The number of carbonyl (C=O) groups excluding carboxylic acids is 1. The van der Waals surface area contributed by atoms with Gasteiger partial charge in [-0.2, -0.15) is 0 Å². The lowest BCUT2D eigenvalue weighted by Crippen LogP contribution is -2.14. The largest absolute Gasteiger partial charge is 0.384 e. The van der Waals surface area contributed by atoms with Crippen LogP contribution in [0.2, 0.25) is 0 Å². The molecule has 68 valence electrons. The molecule has 0 atom stereocenters. The Bertz CT molecular complexity index is 306. The smallest absolute Gasteiger partial charge is 0.207 e. The van der Waals surface area contributed by atoms with Crippen molar-refractivity contribution in [1.82, 2.24) is 10.3 Å². The third-order valence-corrected chi connectivity index (χ3v) is 1.50. The van der Waals surface area contributed by atoms with Crippen LogP contribution < -0.4 is 11.1 Å². The number of nitrogens with two attached hydrogens (primary N) is 1. The molecule has 13 heavy (non-hydrogen) atoms. The van der Waals surface area contributed by atoms with E-state index in [0.717, 1.165) is 5.69 Å². The molecule has 1 aromatic rings. The average Bonchev–Trinajstić information content (AvgIpc) is 2.15. The Morgan fingerprint density at radius 2 is 2.46 bits per heavy atom. The van der Waals surface area contributed by atoms with E-state index in [1.54, 1.807) is 12.1 Å². The van der Waals surface area contributed by atoms with Crippen molar-refractivity contribution in [3.63, 3.8) is 0 Å². The van der Waals surface area contributed by atoms with Crippen molar-refractivity contribution in [2.24, 2.45) is 5.73 Å². The van der Waals surface area contributed by atoms with Gasteiger partial charge in [-0.3, -0.25) is 15.2 Å². The number of amides is 1. The highest BCUT2D eigenvalue weighted by Gasteiger charge is 1.97. The van der Waals surface area contributed by atoms with Gasteiger partial charge in [0.25, 0.3) is 0 Å². The highest BCUT2D eigenvalue weighted by molar-refractivity contribution is 5.94. The Morgan fingerprint density at radius 3 is 2.92 bits per heavy atom. The van der Waals surface area contributed by atoms with Gasteiger partial charge in [0.2, 0.25) is 6.41 Å². The minimum Gasteiger partial charge on any atom is -0.384 e. The van der Waals surface area contributed by atoms with E-state index in [-0.39, 0.29) is 5.84 Å². The third-order valence-electron chi connectivity index (χ3n) is 1.50. The van der Waals surface area contributed by atoms with Crippen LogP contribution >= 0.6 is 0 Å². The number of nitrogens with zero attached hydrogens (tertiary/aromatic N) is 1. The van der Waals surface area contributed by atoms with E-state index in [1.165, 1.54) is 6.20 Å². The van der Waals surface area contributed by atoms with Gasteiger partial charge in [0.1, 0.15) is 5.84 Å². The fourth-order valence-corrected chi connectivity index (χ4v) is 0.835. The lowest BCUT2D eigenvalue weighted by Gasteiger charge is -2.00. The first-order valence-corrected chi connectivity index (χ1v) is 3.70. The summed E-state index contributed by atoms with van der Waals surface area (Å²) < 4.78 is 0. The summed E-state index contributed by atoms with van der Waals surface area (Å²) in [5.74, 6) is -0.0117. The molecular weight excluding hydrogens is 168 g/mol. The topological polar surface area (TPSA) is 91.9 Å². The fourth-order valence-electron chi connectivity index (χ4n) is 0.835. The molecule has 5 nitrogen and oxygen atoms in total. The Labute approximate surface area is 75.5 Å². The lowest BCUT2D eigenvalue weighted by molar-refractivity contribution is -0.109. The quantitative estimate of drug-likeness (QED) is 0.333. The van der Waals surface area contributed by atoms with Gasteiger partial charge in [-0.15, -0.1) is 0 Å². The van der Waals surface area contributed by atoms with Gasteiger partial charge in [-0.1, -0.05) is 0 Å². The van der Waals surface area contributed by atoms with Crippen LogP contribution in [0.5, 0.6) is 0 Å². The number of pyridine rings is 1. The fraction of sp³-hybridized carbons (Fsp3) is 0.125. The van der Waals surface area contributed by atoms with Gasteiger partial charge in [0, 0.05) is 11.8 Å². The standard InChI is InChI=1S/C8H10N4O/c9-8(10)6-1-2-7(12-3-6)4-11-5-13/h1-3,5H,4H2,(H3,9,10)(H,11,13). The third kappa shape index (κ3) is 2.55. The molecule has 0 aliphatic heterocycles. The monoisotopic (exact) mass is 178 g/mol. The van der Waals surface area contributed by atoms with Crippen molar-refractivity contribution >= 4 is 12.2 Å². The molecule has 0 spiro atoms. The second-order valence-electron chi connectivity index (χ2n) is 2.45. The zero-order chi connectivity index (χ0) is 9.68. The molecule has 0 unspecified atom stereocenters. The zero-order valence-electron chi connectivity index (χ0n) is 6.95. The highest BCUT2D eigenvalue weighted by atomic mass is 16.1. The molecule has 0 aromatic carbocycles. The van der Waals surface area contributed by atoms with Gasteiger partial charge in [-0.25, -0.2) is 0 Å². The number of amidine groups is 1. The van der Waals surface area contributed by atoms with Crippen LogP contribution in [0, 0.1) is 5.41 Å². The molecule has 0 saturated heterocycles. The van der Waals surface area contributed by atoms with Crippen LogP contribution in [0.1, 0.15) is 11.3 Å². The lowest BCUT2D eigenvalue weighted by atomic mass is 10.2. The zero-order valence-corrected chi connectivity index (χ0v) is 6.95. The summed E-state index contributed by atoms with van der Waals surface area (Å²) in [5, 5.41) is 9.60. The second-order valence-corrected chi connectivity index (χ2v) is 2.45. The number of nitrogen functional groups attached to an aromatic ring is 1. The molecule has 5 heteroatoms. The minimum atomic E-state index is -0.0117. The number of hydrogen-bond acceptors (Lipinski definition) is 3. The molecule has 0 saturated carbocycles. The summed E-state index contributed by atoms with van der Waals surface area (Å²) in [7, 11) is 0.